The molecule has 0 unspecified atom stereocenters. The summed E-state index contributed by atoms with van der Waals surface area (Å²) in [4.78, 5) is 29.6. The van der Waals surface area contributed by atoms with E-state index < -0.39 is 0 Å². The molecule has 2 aromatic heterocycles. The summed E-state index contributed by atoms with van der Waals surface area (Å²) < 4.78 is 1.43. The van der Waals surface area contributed by atoms with Crippen LogP contribution in [0.3, 0.4) is 0 Å². The fourth-order valence-electron chi connectivity index (χ4n) is 1.70. The van der Waals surface area contributed by atoms with E-state index in [-0.39, 0.29) is 11.5 Å². The molecule has 1 amide bonds. The molecule has 0 radical (unpaired) electrons. The van der Waals surface area contributed by atoms with Crippen molar-refractivity contribution in [3.05, 3.63) is 50.3 Å². The van der Waals surface area contributed by atoms with Crippen molar-refractivity contribution in [2.45, 2.75) is 13.5 Å². The Hall–Kier alpha value is -1.95. The van der Waals surface area contributed by atoms with Crippen LogP contribution in [0.5, 0.6) is 0 Å². The van der Waals surface area contributed by atoms with Gasteiger partial charge in [-0.1, -0.05) is 0 Å². The Kier molecular flexibility index (Phi) is 3.80. The quantitative estimate of drug-likeness (QED) is 0.852. The minimum absolute atomic E-state index is 0.177. The van der Waals surface area contributed by atoms with E-state index in [0.717, 1.165) is 10.7 Å². The van der Waals surface area contributed by atoms with E-state index >= 15 is 0 Å². The predicted octanol–water partition coefficient (Wildman–Crippen LogP) is 1.42. The summed E-state index contributed by atoms with van der Waals surface area (Å²) >= 11 is 1.56. The minimum Gasteiger partial charge on any atom is -0.336 e. The maximum absolute atomic E-state index is 12.2. The van der Waals surface area contributed by atoms with Crippen LogP contribution in [0.25, 0.3) is 0 Å². The summed E-state index contributed by atoms with van der Waals surface area (Å²) in [5.74, 6) is -0.177. The molecule has 0 aromatic carbocycles. The number of aromatic nitrogens is 2. The lowest BCUT2D eigenvalue weighted by Gasteiger charge is -2.15. The number of carbonyl (C=O) groups is 1. The normalized spacial score (nSPS) is 10.5. The molecule has 0 N–H and O–H groups in total. The van der Waals surface area contributed by atoms with E-state index in [4.69, 9.17) is 0 Å². The van der Waals surface area contributed by atoms with E-state index in [2.05, 4.69) is 4.98 Å². The van der Waals surface area contributed by atoms with Gasteiger partial charge in [-0.2, -0.15) is 0 Å². The Balaban J connectivity index is 2.14. The third kappa shape index (κ3) is 3.08. The third-order valence-electron chi connectivity index (χ3n) is 2.76. The topological polar surface area (TPSA) is 55.2 Å². The minimum atomic E-state index is -0.191. The monoisotopic (exact) mass is 277 g/mol. The first-order chi connectivity index (χ1) is 8.97. The van der Waals surface area contributed by atoms with Gasteiger partial charge in [0.1, 0.15) is 0 Å². The first-order valence-corrected chi connectivity index (χ1v) is 6.68. The van der Waals surface area contributed by atoms with Gasteiger partial charge in [-0.15, -0.1) is 11.3 Å². The number of rotatable bonds is 3. The molecule has 0 fully saturated rings. The largest absolute Gasteiger partial charge is 0.336 e. The molecule has 100 valence electrons. The smallest absolute Gasteiger partial charge is 0.254 e. The molecular weight excluding hydrogens is 262 g/mol. The van der Waals surface area contributed by atoms with Gasteiger partial charge in [-0.25, -0.2) is 4.98 Å². The Morgan fingerprint density at radius 1 is 1.53 bits per heavy atom. The molecule has 2 heterocycles. The summed E-state index contributed by atoms with van der Waals surface area (Å²) in [7, 11) is 3.35. The number of thiazole rings is 1. The maximum Gasteiger partial charge on any atom is 0.254 e. The highest BCUT2D eigenvalue weighted by Gasteiger charge is 2.13. The van der Waals surface area contributed by atoms with Gasteiger partial charge in [0.05, 0.1) is 17.2 Å². The standard InChI is InChI=1S/C13H15N3O2S/c1-9-14-11(8-19-9)7-16(3)13(18)10-4-5-15(2)12(17)6-10/h4-6,8H,7H2,1-3H3. The lowest BCUT2D eigenvalue weighted by atomic mass is 10.2. The second kappa shape index (κ2) is 5.36. The third-order valence-corrected chi connectivity index (χ3v) is 3.59. The molecule has 0 aliphatic carbocycles. The molecule has 0 saturated carbocycles. The van der Waals surface area contributed by atoms with E-state index in [0.29, 0.717) is 12.1 Å². The van der Waals surface area contributed by atoms with Crippen LogP contribution in [0.2, 0.25) is 0 Å². The van der Waals surface area contributed by atoms with Crippen molar-refractivity contribution in [1.29, 1.82) is 0 Å². The van der Waals surface area contributed by atoms with E-state index in [1.165, 1.54) is 10.6 Å². The molecule has 19 heavy (non-hydrogen) atoms. The van der Waals surface area contributed by atoms with Crippen LogP contribution in [0, 0.1) is 6.92 Å². The van der Waals surface area contributed by atoms with Crippen LogP contribution >= 0.6 is 11.3 Å². The van der Waals surface area contributed by atoms with Crippen molar-refractivity contribution in [3.8, 4) is 0 Å². The maximum atomic E-state index is 12.2. The van der Waals surface area contributed by atoms with E-state index in [9.17, 15) is 9.59 Å². The van der Waals surface area contributed by atoms with Crippen molar-refractivity contribution in [1.82, 2.24) is 14.5 Å². The molecule has 0 atom stereocenters. The highest BCUT2D eigenvalue weighted by Crippen LogP contribution is 2.11. The van der Waals surface area contributed by atoms with E-state index in [1.54, 1.807) is 42.6 Å². The Morgan fingerprint density at radius 3 is 2.84 bits per heavy atom. The van der Waals surface area contributed by atoms with Gasteiger partial charge in [-0.3, -0.25) is 9.59 Å². The van der Waals surface area contributed by atoms with Crippen LogP contribution in [0.4, 0.5) is 0 Å². The summed E-state index contributed by atoms with van der Waals surface area (Å²) in [6, 6.07) is 3.00. The molecule has 0 aliphatic heterocycles. The van der Waals surface area contributed by atoms with Gasteiger partial charge in [0.2, 0.25) is 0 Å². The van der Waals surface area contributed by atoms with Gasteiger partial charge < -0.3 is 9.47 Å². The highest BCUT2D eigenvalue weighted by atomic mass is 32.1. The second-order valence-electron chi connectivity index (χ2n) is 4.38. The zero-order valence-corrected chi connectivity index (χ0v) is 11.9. The van der Waals surface area contributed by atoms with Crippen LogP contribution < -0.4 is 5.56 Å². The van der Waals surface area contributed by atoms with Crippen molar-refractivity contribution in [2.75, 3.05) is 7.05 Å². The van der Waals surface area contributed by atoms with Gasteiger partial charge >= 0.3 is 0 Å². The van der Waals surface area contributed by atoms with Gasteiger partial charge in [0.25, 0.3) is 11.5 Å². The summed E-state index contributed by atoms with van der Waals surface area (Å²) in [5.41, 5.74) is 1.07. The number of hydrogen-bond donors (Lipinski definition) is 0. The van der Waals surface area contributed by atoms with Crippen LogP contribution in [-0.2, 0) is 13.6 Å². The molecular formula is C13H15N3O2S. The zero-order chi connectivity index (χ0) is 14.0. The first kappa shape index (κ1) is 13.5. The number of carbonyl (C=O) groups excluding carboxylic acids is 1. The molecule has 6 heteroatoms. The fraction of sp³-hybridized carbons (Fsp3) is 0.308. The molecule has 0 spiro atoms. The molecule has 0 aliphatic rings. The van der Waals surface area contributed by atoms with Gasteiger partial charge in [0.15, 0.2) is 0 Å². The van der Waals surface area contributed by atoms with Gasteiger partial charge in [0, 0.05) is 37.3 Å². The second-order valence-corrected chi connectivity index (χ2v) is 5.45. The first-order valence-electron chi connectivity index (χ1n) is 5.80. The summed E-state index contributed by atoms with van der Waals surface area (Å²) in [6.45, 7) is 2.37. The van der Waals surface area contributed by atoms with E-state index in [1.807, 2.05) is 12.3 Å². The molecule has 0 bridgehead atoms. The van der Waals surface area contributed by atoms with Crippen molar-refractivity contribution >= 4 is 17.2 Å². The average molecular weight is 277 g/mol. The number of nitrogens with zero attached hydrogens (tertiary/aromatic N) is 3. The number of pyridine rings is 1. The van der Waals surface area contributed by atoms with Crippen LogP contribution in [-0.4, -0.2) is 27.4 Å². The van der Waals surface area contributed by atoms with Crippen LogP contribution in [0.1, 0.15) is 21.1 Å². The molecule has 2 aromatic rings. The lowest BCUT2D eigenvalue weighted by Crippen LogP contribution is -2.28. The molecule has 5 nitrogen and oxygen atoms in total. The Bertz CT molecular complexity index is 660. The zero-order valence-electron chi connectivity index (χ0n) is 11.1. The number of aryl methyl sites for hydroxylation is 2. The predicted molar refractivity (Wildman–Crippen MR) is 74.3 cm³/mol. The summed E-state index contributed by atoms with van der Waals surface area (Å²) in [5, 5.41) is 2.91. The van der Waals surface area contributed by atoms with Crippen molar-refractivity contribution in [2.24, 2.45) is 7.05 Å². The fourth-order valence-corrected chi connectivity index (χ4v) is 2.30. The number of hydrogen-bond acceptors (Lipinski definition) is 4. The van der Waals surface area contributed by atoms with Crippen molar-refractivity contribution < 1.29 is 4.79 Å². The Labute approximate surface area is 115 Å². The van der Waals surface area contributed by atoms with Gasteiger partial charge in [-0.05, 0) is 13.0 Å². The SMILES string of the molecule is Cc1nc(CN(C)C(=O)c2ccn(C)c(=O)c2)cs1. The number of amides is 1. The van der Waals surface area contributed by atoms with Crippen molar-refractivity contribution in [3.63, 3.8) is 0 Å². The Morgan fingerprint density at radius 2 is 2.26 bits per heavy atom. The van der Waals surface area contributed by atoms with Crippen LogP contribution in [0.15, 0.2) is 28.5 Å². The highest BCUT2D eigenvalue weighted by molar-refractivity contribution is 7.09. The lowest BCUT2D eigenvalue weighted by molar-refractivity contribution is 0.0783. The molecule has 0 saturated heterocycles. The summed E-state index contributed by atoms with van der Waals surface area (Å²) in [6.07, 6.45) is 1.59. The molecule has 2 rings (SSSR count). The average Bonchev–Trinajstić information content (AvgIpc) is 2.77.